The van der Waals surface area contributed by atoms with Gasteiger partial charge in [-0.2, -0.15) is 5.26 Å². The normalized spacial score (nSPS) is 12.1. The molecule has 0 aliphatic heterocycles. The molecule has 1 aromatic heterocycles. The molecular weight excluding hydrogens is 356 g/mol. The van der Waals surface area contributed by atoms with Crippen LogP contribution in [0.25, 0.3) is 17.2 Å². The van der Waals surface area contributed by atoms with Gasteiger partial charge in [-0.25, -0.2) is 13.2 Å². The molecule has 0 amide bonds. The van der Waals surface area contributed by atoms with E-state index in [1.54, 1.807) is 42.5 Å². The lowest BCUT2D eigenvalue weighted by Crippen LogP contribution is -2.06. The van der Waals surface area contributed by atoms with Crippen LogP contribution in [0.1, 0.15) is 11.1 Å². The molecule has 0 radical (unpaired) electrons. The Balaban J connectivity index is 1.92. The molecule has 7 nitrogen and oxygen atoms in total. The Kier molecular flexibility index (Phi) is 4.65. The minimum absolute atomic E-state index is 0.304. The van der Waals surface area contributed by atoms with Crippen LogP contribution < -0.4 is 10.5 Å². The van der Waals surface area contributed by atoms with Crippen LogP contribution >= 0.6 is 0 Å². The SMILES string of the molecule is COc1ccc(CS(=O)(=O)C(C#N)=Cc2ccc3oc(=O)[nH]c3c2)cc1. The van der Waals surface area contributed by atoms with Gasteiger partial charge < -0.3 is 9.15 Å². The average molecular weight is 370 g/mol. The lowest BCUT2D eigenvalue weighted by atomic mass is 10.2. The van der Waals surface area contributed by atoms with Crippen LogP contribution in [-0.2, 0) is 15.6 Å². The van der Waals surface area contributed by atoms with Crippen molar-refractivity contribution in [3.05, 3.63) is 69.0 Å². The van der Waals surface area contributed by atoms with Gasteiger partial charge in [0, 0.05) is 0 Å². The first-order valence-electron chi connectivity index (χ1n) is 7.51. The second kappa shape index (κ2) is 6.90. The molecule has 0 fully saturated rings. The minimum Gasteiger partial charge on any atom is -0.497 e. The smallest absolute Gasteiger partial charge is 0.417 e. The molecule has 0 bridgehead atoms. The quantitative estimate of drug-likeness (QED) is 0.691. The van der Waals surface area contributed by atoms with Crippen molar-refractivity contribution in [2.24, 2.45) is 0 Å². The lowest BCUT2D eigenvalue weighted by molar-refractivity contribution is 0.414. The van der Waals surface area contributed by atoms with Crippen LogP contribution in [0.2, 0.25) is 0 Å². The fourth-order valence-corrected chi connectivity index (χ4v) is 3.66. The predicted molar refractivity (Wildman–Crippen MR) is 96.0 cm³/mol. The summed E-state index contributed by atoms with van der Waals surface area (Å²) in [6.07, 6.45) is 1.27. The molecule has 0 unspecified atom stereocenters. The number of sulfone groups is 1. The maximum atomic E-state index is 12.6. The number of hydrogen-bond acceptors (Lipinski definition) is 6. The zero-order chi connectivity index (χ0) is 18.7. The number of H-pyrrole nitrogens is 1. The van der Waals surface area contributed by atoms with Crippen molar-refractivity contribution in [3.8, 4) is 11.8 Å². The third-order valence-corrected chi connectivity index (χ3v) is 5.29. The van der Waals surface area contributed by atoms with Crippen molar-refractivity contribution in [2.75, 3.05) is 7.11 Å². The number of hydrogen-bond donors (Lipinski definition) is 1. The van der Waals surface area contributed by atoms with Crippen LogP contribution in [0, 0.1) is 11.3 Å². The van der Waals surface area contributed by atoms with Crippen LogP contribution in [0.15, 0.2) is 56.6 Å². The van der Waals surface area contributed by atoms with Crippen LogP contribution in [0.4, 0.5) is 0 Å². The summed E-state index contributed by atoms with van der Waals surface area (Å²) in [6, 6.07) is 13.0. The Morgan fingerprint density at radius 3 is 2.65 bits per heavy atom. The van der Waals surface area contributed by atoms with Gasteiger partial charge >= 0.3 is 5.76 Å². The Labute approximate surface area is 149 Å². The number of benzene rings is 2. The summed E-state index contributed by atoms with van der Waals surface area (Å²) < 4.78 is 35.1. The fraction of sp³-hybridized carbons (Fsp3) is 0.111. The molecule has 26 heavy (non-hydrogen) atoms. The standard InChI is InChI=1S/C18H14N2O5S/c1-24-14-5-2-12(3-6-14)11-26(22,23)15(10-19)8-13-4-7-17-16(9-13)20-18(21)25-17/h2-9H,11H2,1H3,(H,20,21). The number of fused-ring (bicyclic) bond motifs is 1. The number of oxazole rings is 1. The summed E-state index contributed by atoms with van der Waals surface area (Å²) in [4.78, 5) is 13.3. The number of methoxy groups -OCH3 is 1. The molecule has 0 saturated heterocycles. The van der Waals surface area contributed by atoms with E-state index >= 15 is 0 Å². The van der Waals surface area contributed by atoms with E-state index < -0.39 is 15.6 Å². The number of aromatic nitrogens is 1. The average Bonchev–Trinajstić information content (AvgIpc) is 2.99. The van der Waals surface area contributed by atoms with Gasteiger partial charge in [-0.15, -0.1) is 0 Å². The summed E-state index contributed by atoms with van der Waals surface area (Å²) in [5.41, 5.74) is 1.78. The number of allylic oxidation sites excluding steroid dienone is 1. The molecular formula is C18H14N2O5S. The first kappa shape index (κ1) is 17.5. The maximum Gasteiger partial charge on any atom is 0.417 e. The zero-order valence-electron chi connectivity index (χ0n) is 13.7. The van der Waals surface area contributed by atoms with Gasteiger partial charge in [-0.3, -0.25) is 4.98 Å². The number of ether oxygens (including phenoxy) is 1. The highest BCUT2D eigenvalue weighted by Gasteiger charge is 2.19. The van der Waals surface area contributed by atoms with Gasteiger partial charge in [0.25, 0.3) is 0 Å². The topological polar surface area (TPSA) is 113 Å². The molecule has 0 spiro atoms. The van der Waals surface area contributed by atoms with Gasteiger partial charge in [0.05, 0.1) is 18.4 Å². The van der Waals surface area contributed by atoms with E-state index in [1.165, 1.54) is 19.3 Å². The summed E-state index contributed by atoms with van der Waals surface area (Å²) in [7, 11) is -2.31. The zero-order valence-corrected chi connectivity index (χ0v) is 14.5. The second-order valence-electron chi connectivity index (χ2n) is 5.50. The molecule has 1 heterocycles. The van der Waals surface area contributed by atoms with Crippen molar-refractivity contribution >= 4 is 27.0 Å². The molecule has 1 N–H and O–H groups in total. The number of aromatic amines is 1. The molecule has 3 aromatic rings. The maximum absolute atomic E-state index is 12.6. The number of nitriles is 1. The van der Waals surface area contributed by atoms with Crippen molar-refractivity contribution in [2.45, 2.75) is 5.75 Å². The highest BCUT2D eigenvalue weighted by molar-refractivity contribution is 7.95. The van der Waals surface area contributed by atoms with E-state index in [0.29, 0.717) is 28.0 Å². The van der Waals surface area contributed by atoms with Crippen molar-refractivity contribution in [1.29, 1.82) is 5.26 Å². The Morgan fingerprint density at radius 2 is 2.00 bits per heavy atom. The molecule has 2 aromatic carbocycles. The van der Waals surface area contributed by atoms with Crippen molar-refractivity contribution in [1.82, 2.24) is 4.98 Å². The largest absolute Gasteiger partial charge is 0.497 e. The van der Waals surface area contributed by atoms with Crippen molar-refractivity contribution in [3.63, 3.8) is 0 Å². The lowest BCUT2D eigenvalue weighted by Gasteiger charge is -2.05. The van der Waals surface area contributed by atoms with Gasteiger partial charge in [0.2, 0.25) is 0 Å². The van der Waals surface area contributed by atoms with Crippen LogP contribution in [0.5, 0.6) is 5.75 Å². The fourth-order valence-electron chi connectivity index (χ4n) is 2.42. The minimum atomic E-state index is -3.83. The molecule has 132 valence electrons. The molecule has 3 rings (SSSR count). The molecule has 0 saturated carbocycles. The summed E-state index contributed by atoms with van der Waals surface area (Å²) in [5.74, 6) is -0.292. The Hall–Kier alpha value is -3.31. The number of rotatable bonds is 5. The third-order valence-electron chi connectivity index (χ3n) is 3.70. The molecule has 8 heteroatoms. The van der Waals surface area contributed by atoms with Gasteiger partial charge in [0.15, 0.2) is 15.4 Å². The van der Waals surface area contributed by atoms with E-state index in [2.05, 4.69) is 4.98 Å². The molecule has 0 aliphatic carbocycles. The highest BCUT2D eigenvalue weighted by atomic mass is 32.2. The van der Waals surface area contributed by atoms with Gasteiger partial charge in [-0.1, -0.05) is 18.2 Å². The van der Waals surface area contributed by atoms with E-state index in [-0.39, 0.29) is 10.7 Å². The predicted octanol–water partition coefficient (Wildman–Crippen LogP) is 2.61. The van der Waals surface area contributed by atoms with Gasteiger partial charge in [0.1, 0.15) is 16.7 Å². The molecule has 0 aliphatic rings. The summed E-state index contributed by atoms with van der Waals surface area (Å²) in [5, 5.41) is 9.31. The third kappa shape index (κ3) is 3.68. The van der Waals surface area contributed by atoms with E-state index in [9.17, 15) is 18.5 Å². The van der Waals surface area contributed by atoms with Crippen molar-refractivity contribution < 1.29 is 17.6 Å². The van der Waals surface area contributed by atoms with Crippen LogP contribution in [-0.4, -0.2) is 20.5 Å². The first-order chi connectivity index (χ1) is 12.4. The van der Waals surface area contributed by atoms with Crippen LogP contribution in [0.3, 0.4) is 0 Å². The number of nitrogens with one attached hydrogen (secondary N) is 1. The Bertz CT molecular complexity index is 1180. The Morgan fingerprint density at radius 1 is 1.27 bits per heavy atom. The monoisotopic (exact) mass is 370 g/mol. The summed E-state index contributed by atoms with van der Waals surface area (Å²) in [6.45, 7) is 0. The van der Waals surface area contributed by atoms with E-state index in [4.69, 9.17) is 9.15 Å². The number of nitrogens with zero attached hydrogens (tertiary/aromatic N) is 1. The first-order valence-corrected chi connectivity index (χ1v) is 9.17. The highest BCUT2D eigenvalue weighted by Crippen LogP contribution is 2.21. The van der Waals surface area contributed by atoms with E-state index in [0.717, 1.165) is 0 Å². The van der Waals surface area contributed by atoms with Gasteiger partial charge in [-0.05, 0) is 41.5 Å². The second-order valence-corrected chi connectivity index (χ2v) is 7.46. The molecule has 0 atom stereocenters. The van der Waals surface area contributed by atoms with E-state index in [1.807, 2.05) is 0 Å². The summed E-state index contributed by atoms with van der Waals surface area (Å²) >= 11 is 0.